The lowest BCUT2D eigenvalue weighted by Crippen LogP contribution is -2.73. The molecule has 14 heteroatoms. The summed E-state index contributed by atoms with van der Waals surface area (Å²) in [5.74, 6) is -4.73. The van der Waals surface area contributed by atoms with Crippen LogP contribution in [0.25, 0.3) is 0 Å². The van der Waals surface area contributed by atoms with Crippen molar-refractivity contribution >= 4 is 45.6 Å². The Hall–Kier alpha value is -2.97. The third kappa shape index (κ3) is 3.32. The number of pyridine rings is 1. The number of carboxylic acids is 2. The van der Waals surface area contributed by atoms with Gasteiger partial charge in [0.2, 0.25) is 5.91 Å². The first-order valence-electron chi connectivity index (χ1n) is 7.42. The van der Waals surface area contributed by atoms with Gasteiger partial charge in [0.1, 0.15) is 33.7 Å². The zero-order valence-electron chi connectivity index (χ0n) is 13.5. The number of aromatic nitrogens is 1. The summed E-state index contributed by atoms with van der Waals surface area (Å²) >= 11 is 1.07. The fourth-order valence-electron chi connectivity index (χ4n) is 2.70. The molecule has 3 rings (SSSR count). The number of fused-ring (bicyclic) bond motifs is 1. The maximum Gasteiger partial charge on any atom is 0.354 e. The average molecular weight is 429 g/mol. The molecule has 1 fully saturated rings. The summed E-state index contributed by atoms with van der Waals surface area (Å²) in [7, 11) is -4.91. The van der Waals surface area contributed by atoms with Gasteiger partial charge < -0.3 is 20.4 Å². The number of nitrogens with one attached hydrogen (secondary N) is 1. The van der Waals surface area contributed by atoms with E-state index in [2.05, 4.69) is 10.3 Å². The standard InChI is InChI=1S/C14H11N3O9S2/c18-10(8-7(28(24,25)26)2-1-5(15-8)13(20)21)16-9-11(19)17-6(14(22)23)3-4-27-12(9)17/h1-4,6,9,12H,(H,16,18)(H,20,21)(H,22,23)(H,24,25,26)/t6?,9-,12-/m1/s1. The van der Waals surface area contributed by atoms with Gasteiger partial charge in [0.15, 0.2) is 0 Å². The monoisotopic (exact) mass is 429 g/mol. The van der Waals surface area contributed by atoms with E-state index >= 15 is 0 Å². The first-order valence-corrected chi connectivity index (χ1v) is 9.80. The highest BCUT2D eigenvalue weighted by atomic mass is 32.2. The topological polar surface area (TPSA) is 191 Å². The molecule has 3 heterocycles. The van der Waals surface area contributed by atoms with Crippen LogP contribution >= 0.6 is 11.8 Å². The second-order valence-corrected chi connectivity index (χ2v) is 8.08. The van der Waals surface area contributed by atoms with E-state index in [9.17, 15) is 32.1 Å². The van der Waals surface area contributed by atoms with Crippen LogP contribution < -0.4 is 5.32 Å². The maximum atomic E-state index is 12.5. The summed E-state index contributed by atoms with van der Waals surface area (Å²) in [6.45, 7) is 0. The van der Waals surface area contributed by atoms with Crippen LogP contribution in [-0.2, 0) is 19.7 Å². The highest BCUT2D eigenvalue weighted by Gasteiger charge is 2.54. The van der Waals surface area contributed by atoms with Crippen molar-refractivity contribution in [2.24, 2.45) is 0 Å². The second-order valence-electron chi connectivity index (χ2n) is 5.66. The van der Waals surface area contributed by atoms with Crippen molar-refractivity contribution in [2.45, 2.75) is 22.4 Å². The molecule has 1 unspecified atom stereocenters. The van der Waals surface area contributed by atoms with Crippen molar-refractivity contribution in [2.75, 3.05) is 0 Å². The number of carboxylic acid groups (broad SMARTS) is 2. The van der Waals surface area contributed by atoms with Gasteiger partial charge in [-0.2, -0.15) is 8.42 Å². The summed E-state index contributed by atoms with van der Waals surface area (Å²) in [6, 6.07) is -0.895. The molecule has 2 aliphatic heterocycles. The summed E-state index contributed by atoms with van der Waals surface area (Å²) in [5, 5.41) is 21.0. The third-order valence-electron chi connectivity index (χ3n) is 3.97. The van der Waals surface area contributed by atoms with E-state index in [4.69, 9.17) is 10.2 Å². The molecular formula is C14H11N3O9S2. The largest absolute Gasteiger partial charge is 0.479 e. The SMILES string of the molecule is O=C(O)c1ccc(S(=O)(=O)O)c(C(=O)N[C@@H]2C(=O)N3C(C(=O)O)C=CS[C@H]23)n1. The van der Waals surface area contributed by atoms with Gasteiger partial charge in [-0.3, -0.25) is 14.1 Å². The van der Waals surface area contributed by atoms with Gasteiger partial charge in [0.25, 0.3) is 16.0 Å². The van der Waals surface area contributed by atoms with E-state index in [1.54, 1.807) is 0 Å². The zero-order valence-corrected chi connectivity index (χ0v) is 15.2. The van der Waals surface area contributed by atoms with Crippen molar-refractivity contribution in [3.05, 3.63) is 35.0 Å². The number of nitrogens with zero attached hydrogens (tertiary/aromatic N) is 2. The summed E-state index contributed by atoms with van der Waals surface area (Å²) in [6.07, 6.45) is 1.30. The molecule has 0 spiro atoms. The van der Waals surface area contributed by atoms with Gasteiger partial charge >= 0.3 is 11.9 Å². The normalized spacial score (nSPS) is 23.5. The van der Waals surface area contributed by atoms with E-state index in [1.165, 1.54) is 11.5 Å². The first kappa shape index (κ1) is 19.8. The van der Waals surface area contributed by atoms with Crippen molar-refractivity contribution in [3.8, 4) is 0 Å². The first-order chi connectivity index (χ1) is 13.0. The molecule has 1 aromatic heterocycles. The molecule has 0 aliphatic carbocycles. The van der Waals surface area contributed by atoms with E-state index in [1.807, 2.05) is 0 Å². The Morgan fingerprint density at radius 2 is 1.89 bits per heavy atom. The summed E-state index contributed by atoms with van der Waals surface area (Å²) < 4.78 is 32.1. The quantitative estimate of drug-likeness (QED) is 0.332. The number of β-lactam (4-membered cyclic amide) rings is 1. The molecule has 0 saturated carbocycles. The molecule has 2 aliphatic rings. The van der Waals surface area contributed by atoms with E-state index < -0.39 is 67.6 Å². The summed E-state index contributed by atoms with van der Waals surface area (Å²) in [5.41, 5.74) is -1.56. The van der Waals surface area contributed by atoms with Crippen LogP contribution in [0.1, 0.15) is 21.0 Å². The molecule has 12 nitrogen and oxygen atoms in total. The highest BCUT2D eigenvalue weighted by Crippen LogP contribution is 2.37. The molecule has 3 atom stereocenters. The number of aliphatic carboxylic acids is 1. The lowest BCUT2D eigenvalue weighted by Gasteiger charge is -2.49. The Morgan fingerprint density at radius 1 is 1.21 bits per heavy atom. The van der Waals surface area contributed by atoms with Crippen molar-refractivity contribution in [1.29, 1.82) is 0 Å². The van der Waals surface area contributed by atoms with Gasteiger partial charge in [-0.1, -0.05) is 0 Å². The minimum absolute atomic E-state index is 0.653. The molecule has 0 bridgehead atoms. The predicted molar refractivity (Wildman–Crippen MR) is 91.1 cm³/mol. The number of hydrogen-bond acceptors (Lipinski definition) is 8. The van der Waals surface area contributed by atoms with E-state index in [0.29, 0.717) is 6.07 Å². The fraction of sp³-hybridized carbons (Fsp3) is 0.214. The van der Waals surface area contributed by atoms with Gasteiger partial charge in [0, 0.05) is 0 Å². The number of thioether (sulfide) groups is 1. The lowest BCUT2D eigenvalue weighted by atomic mass is 10.0. The Labute approximate surface area is 161 Å². The van der Waals surface area contributed by atoms with Gasteiger partial charge in [-0.05, 0) is 23.6 Å². The van der Waals surface area contributed by atoms with Crippen molar-refractivity contribution < 1.29 is 42.4 Å². The Balaban J connectivity index is 1.89. The van der Waals surface area contributed by atoms with Crippen LogP contribution in [0.15, 0.2) is 28.5 Å². The number of carbonyl (C=O) groups is 4. The molecule has 4 N–H and O–H groups in total. The lowest BCUT2D eigenvalue weighted by molar-refractivity contribution is -0.158. The van der Waals surface area contributed by atoms with Crippen LogP contribution in [0.2, 0.25) is 0 Å². The molecule has 0 radical (unpaired) electrons. The second kappa shape index (κ2) is 6.88. The van der Waals surface area contributed by atoms with Gasteiger partial charge in [-0.15, -0.1) is 11.8 Å². The fourth-order valence-corrected chi connectivity index (χ4v) is 4.43. The maximum absolute atomic E-state index is 12.5. The molecule has 1 saturated heterocycles. The molecule has 28 heavy (non-hydrogen) atoms. The number of hydrogen-bond donors (Lipinski definition) is 4. The van der Waals surface area contributed by atoms with Crippen molar-refractivity contribution in [3.63, 3.8) is 0 Å². The van der Waals surface area contributed by atoms with Crippen LogP contribution in [0.3, 0.4) is 0 Å². The molecule has 0 aromatic carbocycles. The Bertz CT molecular complexity index is 1040. The van der Waals surface area contributed by atoms with Crippen LogP contribution in [-0.4, -0.2) is 74.3 Å². The number of amides is 2. The molecule has 1 aromatic rings. The summed E-state index contributed by atoms with van der Waals surface area (Å²) in [4.78, 5) is 50.5. The van der Waals surface area contributed by atoms with Gasteiger partial charge in [0.05, 0.1) is 0 Å². The number of carbonyl (C=O) groups excluding carboxylic acids is 2. The number of aromatic carboxylic acids is 1. The smallest absolute Gasteiger partial charge is 0.354 e. The zero-order chi connectivity index (χ0) is 20.8. The minimum atomic E-state index is -4.91. The molecule has 148 valence electrons. The van der Waals surface area contributed by atoms with Crippen LogP contribution in [0.5, 0.6) is 0 Å². The average Bonchev–Trinajstić information content (AvgIpc) is 2.63. The van der Waals surface area contributed by atoms with Crippen LogP contribution in [0, 0.1) is 0 Å². The highest BCUT2D eigenvalue weighted by molar-refractivity contribution is 8.02. The Morgan fingerprint density at radius 3 is 2.46 bits per heavy atom. The third-order valence-corrected chi connectivity index (χ3v) is 5.95. The minimum Gasteiger partial charge on any atom is -0.479 e. The van der Waals surface area contributed by atoms with E-state index in [-0.39, 0.29) is 0 Å². The van der Waals surface area contributed by atoms with Crippen LogP contribution in [0.4, 0.5) is 0 Å². The van der Waals surface area contributed by atoms with Gasteiger partial charge in [-0.25, -0.2) is 14.6 Å². The van der Waals surface area contributed by atoms with Crippen molar-refractivity contribution in [1.82, 2.24) is 15.2 Å². The molecule has 2 amide bonds. The van der Waals surface area contributed by atoms with E-state index in [0.717, 1.165) is 22.7 Å². The molecular weight excluding hydrogens is 418 g/mol. The number of rotatable bonds is 5. The Kier molecular flexibility index (Phi) is 4.86. The predicted octanol–water partition coefficient (Wildman–Crippen LogP) is -0.993.